The minimum atomic E-state index is -0.399. The molecule has 2 rings (SSSR count). The zero-order valence-corrected chi connectivity index (χ0v) is 13.0. The summed E-state index contributed by atoms with van der Waals surface area (Å²) in [7, 11) is 1.80. The van der Waals surface area contributed by atoms with Crippen LogP contribution in [0.1, 0.15) is 11.1 Å². The van der Waals surface area contributed by atoms with Gasteiger partial charge >= 0.3 is 0 Å². The van der Waals surface area contributed by atoms with Gasteiger partial charge in [-0.1, -0.05) is 41.4 Å². The van der Waals surface area contributed by atoms with Crippen LogP contribution in [0.4, 0.5) is 8.78 Å². The molecule has 1 nitrogen and oxygen atoms in total. The molecule has 0 fully saturated rings. The van der Waals surface area contributed by atoms with E-state index < -0.39 is 5.82 Å². The lowest BCUT2D eigenvalue weighted by atomic mass is 9.98. The van der Waals surface area contributed by atoms with Crippen LogP contribution in [0, 0.1) is 11.6 Å². The Morgan fingerprint density at radius 2 is 1.71 bits per heavy atom. The SMILES string of the molecule is CNC(Cc1ccc(F)cc1Cl)Cc1cccc(Cl)c1F. The Bertz CT molecular complexity index is 632. The molecule has 0 saturated heterocycles. The van der Waals surface area contributed by atoms with Crippen molar-refractivity contribution in [1.29, 1.82) is 0 Å². The van der Waals surface area contributed by atoms with Crippen molar-refractivity contribution in [2.45, 2.75) is 18.9 Å². The number of nitrogens with one attached hydrogen (secondary N) is 1. The van der Waals surface area contributed by atoms with Gasteiger partial charge in [0.05, 0.1) is 5.02 Å². The van der Waals surface area contributed by atoms with Gasteiger partial charge < -0.3 is 5.32 Å². The van der Waals surface area contributed by atoms with Crippen LogP contribution in [0.3, 0.4) is 0 Å². The molecule has 0 radical (unpaired) electrons. The fourth-order valence-corrected chi connectivity index (χ4v) is 2.64. The molecular formula is C16H15Cl2F2N. The van der Waals surface area contributed by atoms with Crippen molar-refractivity contribution < 1.29 is 8.78 Å². The van der Waals surface area contributed by atoms with Crippen molar-refractivity contribution in [3.05, 3.63) is 69.2 Å². The molecule has 0 heterocycles. The molecule has 21 heavy (non-hydrogen) atoms. The van der Waals surface area contributed by atoms with Crippen LogP contribution in [-0.2, 0) is 12.8 Å². The number of hydrogen-bond acceptors (Lipinski definition) is 1. The third kappa shape index (κ3) is 4.16. The van der Waals surface area contributed by atoms with Gasteiger partial charge in [-0.2, -0.15) is 0 Å². The van der Waals surface area contributed by atoms with Gasteiger partial charge in [0.25, 0.3) is 0 Å². The minimum absolute atomic E-state index is 0.0269. The van der Waals surface area contributed by atoms with Gasteiger partial charge in [0.15, 0.2) is 0 Å². The molecule has 1 atom stereocenters. The number of benzene rings is 2. The first kappa shape index (κ1) is 16.2. The molecule has 0 aromatic heterocycles. The molecule has 5 heteroatoms. The van der Waals surface area contributed by atoms with Gasteiger partial charge in [-0.15, -0.1) is 0 Å². The lowest BCUT2D eigenvalue weighted by Gasteiger charge is -2.18. The van der Waals surface area contributed by atoms with E-state index in [0.29, 0.717) is 23.4 Å². The maximum atomic E-state index is 13.9. The van der Waals surface area contributed by atoms with Gasteiger partial charge in [0.1, 0.15) is 11.6 Å². The average molecular weight is 330 g/mol. The van der Waals surface area contributed by atoms with Crippen molar-refractivity contribution in [3.8, 4) is 0 Å². The second-order valence-corrected chi connectivity index (χ2v) is 5.66. The Morgan fingerprint density at radius 1 is 1.00 bits per heavy atom. The number of likely N-dealkylation sites (N-methyl/N-ethyl adjacent to an activating group) is 1. The van der Waals surface area contributed by atoms with Crippen LogP contribution in [0.5, 0.6) is 0 Å². The molecule has 0 spiro atoms. The van der Waals surface area contributed by atoms with Crippen molar-refractivity contribution in [3.63, 3.8) is 0 Å². The molecular weight excluding hydrogens is 315 g/mol. The van der Waals surface area contributed by atoms with Crippen molar-refractivity contribution in [2.24, 2.45) is 0 Å². The molecule has 0 saturated carbocycles. The Kier molecular flexibility index (Phi) is 5.57. The minimum Gasteiger partial charge on any atom is -0.316 e. The third-order valence-electron chi connectivity index (χ3n) is 3.39. The number of hydrogen-bond donors (Lipinski definition) is 1. The van der Waals surface area contributed by atoms with E-state index in [0.717, 1.165) is 5.56 Å². The van der Waals surface area contributed by atoms with E-state index in [-0.39, 0.29) is 16.9 Å². The maximum Gasteiger partial charge on any atom is 0.145 e. The third-order valence-corrected chi connectivity index (χ3v) is 4.03. The van der Waals surface area contributed by atoms with Crippen LogP contribution in [0.25, 0.3) is 0 Å². The summed E-state index contributed by atoms with van der Waals surface area (Å²) < 4.78 is 27.0. The van der Waals surface area contributed by atoms with Crippen molar-refractivity contribution in [1.82, 2.24) is 5.32 Å². The quantitative estimate of drug-likeness (QED) is 0.842. The Labute approximate surface area is 132 Å². The molecule has 2 aromatic carbocycles. The van der Waals surface area contributed by atoms with E-state index in [1.165, 1.54) is 18.2 Å². The van der Waals surface area contributed by atoms with E-state index in [2.05, 4.69) is 5.32 Å². The van der Waals surface area contributed by atoms with Crippen molar-refractivity contribution in [2.75, 3.05) is 7.05 Å². The summed E-state index contributed by atoms with van der Waals surface area (Å²) in [6.45, 7) is 0. The molecule has 112 valence electrons. The summed E-state index contributed by atoms with van der Waals surface area (Å²) in [4.78, 5) is 0. The zero-order valence-electron chi connectivity index (χ0n) is 11.5. The fraction of sp³-hybridized carbons (Fsp3) is 0.250. The Morgan fingerprint density at radius 3 is 2.38 bits per heavy atom. The highest BCUT2D eigenvalue weighted by Crippen LogP contribution is 2.22. The van der Waals surface area contributed by atoms with Gasteiger partial charge in [-0.3, -0.25) is 0 Å². The molecule has 0 aliphatic carbocycles. The second-order valence-electron chi connectivity index (χ2n) is 4.84. The predicted molar refractivity (Wildman–Crippen MR) is 83.1 cm³/mol. The molecule has 0 aliphatic heterocycles. The summed E-state index contributed by atoms with van der Waals surface area (Å²) in [6, 6.07) is 9.22. The summed E-state index contributed by atoms with van der Waals surface area (Å²) in [5, 5.41) is 3.62. The topological polar surface area (TPSA) is 12.0 Å². The molecule has 2 aromatic rings. The van der Waals surface area contributed by atoms with Gasteiger partial charge in [-0.25, -0.2) is 8.78 Å². The highest BCUT2D eigenvalue weighted by Gasteiger charge is 2.14. The molecule has 1 N–H and O–H groups in total. The number of halogens is 4. The lowest BCUT2D eigenvalue weighted by Crippen LogP contribution is -2.30. The van der Waals surface area contributed by atoms with Gasteiger partial charge in [0, 0.05) is 11.1 Å². The smallest absolute Gasteiger partial charge is 0.145 e. The summed E-state index contributed by atoms with van der Waals surface area (Å²) in [6.07, 6.45) is 1.04. The van der Waals surface area contributed by atoms with Crippen LogP contribution in [0.15, 0.2) is 36.4 Å². The Hall–Kier alpha value is -1.16. The monoisotopic (exact) mass is 329 g/mol. The average Bonchev–Trinajstić information content (AvgIpc) is 2.45. The summed E-state index contributed by atoms with van der Waals surface area (Å²) in [5.74, 6) is -0.768. The Balaban J connectivity index is 2.15. The predicted octanol–water partition coefficient (Wildman–Crippen LogP) is 4.64. The molecule has 1 unspecified atom stereocenters. The maximum absolute atomic E-state index is 13.9. The van der Waals surface area contributed by atoms with E-state index in [4.69, 9.17) is 23.2 Å². The van der Waals surface area contributed by atoms with Crippen LogP contribution in [0.2, 0.25) is 10.0 Å². The van der Waals surface area contributed by atoms with Crippen LogP contribution >= 0.6 is 23.2 Å². The van der Waals surface area contributed by atoms with Crippen LogP contribution in [-0.4, -0.2) is 13.1 Å². The first-order chi connectivity index (χ1) is 10.0. The largest absolute Gasteiger partial charge is 0.316 e. The zero-order chi connectivity index (χ0) is 15.4. The number of rotatable bonds is 5. The molecule has 0 aliphatic rings. The summed E-state index contributed by atoms with van der Waals surface area (Å²) in [5.41, 5.74) is 1.36. The lowest BCUT2D eigenvalue weighted by molar-refractivity contribution is 0.532. The highest BCUT2D eigenvalue weighted by molar-refractivity contribution is 6.31. The van der Waals surface area contributed by atoms with E-state index in [1.54, 1.807) is 25.2 Å². The first-order valence-electron chi connectivity index (χ1n) is 6.55. The highest BCUT2D eigenvalue weighted by atomic mass is 35.5. The second kappa shape index (κ2) is 7.21. The van der Waals surface area contributed by atoms with Gasteiger partial charge in [0.2, 0.25) is 0 Å². The summed E-state index contributed by atoms with van der Waals surface area (Å²) >= 11 is 11.8. The molecule has 0 amide bonds. The van der Waals surface area contributed by atoms with E-state index in [1.807, 2.05) is 0 Å². The van der Waals surface area contributed by atoms with Crippen LogP contribution < -0.4 is 5.32 Å². The van der Waals surface area contributed by atoms with E-state index >= 15 is 0 Å². The molecule has 0 bridgehead atoms. The fourth-order valence-electron chi connectivity index (χ4n) is 2.20. The first-order valence-corrected chi connectivity index (χ1v) is 7.31. The normalized spacial score (nSPS) is 12.4. The standard InChI is InChI=1S/C16H15Cl2F2N/c1-21-13(7-10-5-6-12(19)9-15(10)18)8-11-3-2-4-14(17)16(11)20/h2-6,9,13,21H,7-8H2,1H3. The van der Waals surface area contributed by atoms with Crippen molar-refractivity contribution >= 4 is 23.2 Å². The van der Waals surface area contributed by atoms with E-state index in [9.17, 15) is 8.78 Å². The van der Waals surface area contributed by atoms with Gasteiger partial charge in [-0.05, 0) is 49.2 Å².